The quantitative estimate of drug-likeness (QED) is 0.296. The van der Waals surface area contributed by atoms with Crippen LogP contribution in [0.2, 0.25) is 0 Å². The predicted molar refractivity (Wildman–Crippen MR) is 157 cm³/mol. The van der Waals surface area contributed by atoms with Gasteiger partial charge in [0.15, 0.2) is 0 Å². The van der Waals surface area contributed by atoms with E-state index in [2.05, 4.69) is 10.6 Å². The number of alkyl carbamates (subject to hydrolysis) is 1. The van der Waals surface area contributed by atoms with Gasteiger partial charge < -0.3 is 31.1 Å². The number of benzene rings is 3. The molecule has 218 valence electrons. The number of nitrogens with two attached hydrogens (primary N) is 1. The molecule has 0 saturated heterocycles. The predicted octanol–water partition coefficient (Wildman–Crippen LogP) is 3.73. The standard InChI is InChI=1S/C31H38N4O6/c1-19-10-11-23(16-20(19)2)27(28(38)33-24-13-12-21-8-6-7-9-22(21)17-24)35(14-15-36)29(39)25(18-26(32)37)34-30(40)41-31(3,4)5/h6-13,16-17,25,27,36H,14-15,18H2,1-5H3,(H2,32,37)(H,33,38)(H,34,40). The van der Waals surface area contributed by atoms with Gasteiger partial charge in [0.05, 0.1) is 13.0 Å². The number of primary amides is 1. The summed E-state index contributed by atoms with van der Waals surface area (Å²) in [5.41, 5.74) is 7.43. The number of rotatable bonds is 10. The minimum atomic E-state index is -1.43. The van der Waals surface area contributed by atoms with Crippen molar-refractivity contribution in [1.29, 1.82) is 0 Å². The SMILES string of the molecule is Cc1ccc(C(C(=O)Nc2ccc3ccccc3c2)N(CCO)C(=O)C(CC(N)=O)NC(=O)OC(C)(C)C)cc1C. The number of ether oxygens (including phenoxy) is 1. The van der Waals surface area contributed by atoms with Crippen LogP contribution in [-0.2, 0) is 19.1 Å². The highest BCUT2D eigenvalue weighted by molar-refractivity contribution is 6.01. The highest BCUT2D eigenvalue weighted by Gasteiger charge is 2.37. The average Bonchev–Trinajstić information content (AvgIpc) is 2.88. The largest absolute Gasteiger partial charge is 0.444 e. The molecule has 3 rings (SSSR count). The van der Waals surface area contributed by atoms with Crippen molar-refractivity contribution in [3.05, 3.63) is 77.4 Å². The third-order valence-corrected chi connectivity index (χ3v) is 6.44. The van der Waals surface area contributed by atoms with Crippen LogP contribution >= 0.6 is 0 Å². The Morgan fingerprint density at radius 1 is 0.951 bits per heavy atom. The highest BCUT2D eigenvalue weighted by atomic mass is 16.6. The van der Waals surface area contributed by atoms with E-state index in [4.69, 9.17) is 10.5 Å². The number of carbonyl (C=O) groups excluding carboxylic acids is 4. The van der Waals surface area contributed by atoms with E-state index in [1.165, 1.54) is 0 Å². The molecular weight excluding hydrogens is 524 g/mol. The number of fused-ring (bicyclic) bond motifs is 1. The molecular formula is C31H38N4O6. The number of amides is 4. The molecule has 3 aromatic carbocycles. The maximum atomic E-state index is 13.9. The normalized spacial score (nSPS) is 12.7. The van der Waals surface area contributed by atoms with Crippen LogP contribution in [0.15, 0.2) is 60.7 Å². The van der Waals surface area contributed by atoms with Crippen molar-refractivity contribution in [1.82, 2.24) is 10.2 Å². The summed E-state index contributed by atoms with van der Waals surface area (Å²) in [6.07, 6.45) is -1.46. The number of nitrogens with one attached hydrogen (secondary N) is 2. The lowest BCUT2D eigenvalue weighted by Crippen LogP contribution is -2.54. The van der Waals surface area contributed by atoms with Crippen LogP contribution in [0.25, 0.3) is 10.8 Å². The second kappa shape index (κ2) is 13.3. The number of nitrogens with zero attached hydrogens (tertiary/aromatic N) is 1. The van der Waals surface area contributed by atoms with Crippen molar-refractivity contribution in [2.45, 2.75) is 58.7 Å². The van der Waals surface area contributed by atoms with Crippen LogP contribution in [0.1, 0.15) is 49.9 Å². The van der Waals surface area contributed by atoms with Crippen LogP contribution in [0.3, 0.4) is 0 Å². The summed E-state index contributed by atoms with van der Waals surface area (Å²) < 4.78 is 5.27. The van der Waals surface area contributed by atoms with Crippen molar-refractivity contribution in [2.24, 2.45) is 5.73 Å². The Morgan fingerprint density at radius 3 is 2.24 bits per heavy atom. The number of anilines is 1. The number of hydrogen-bond donors (Lipinski definition) is 4. The molecule has 0 saturated carbocycles. The molecule has 4 amide bonds. The maximum Gasteiger partial charge on any atom is 0.408 e. The van der Waals surface area contributed by atoms with Gasteiger partial charge in [0.25, 0.3) is 5.91 Å². The van der Waals surface area contributed by atoms with Crippen molar-refractivity contribution < 1.29 is 29.0 Å². The number of aliphatic hydroxyl groups is 1. The first kappa shape index (κ1) is 31.1. The van der Waals surface area contributed by atoms with Gasteiger partial charge in [-0.3, -0.25) is 14.4 Å². The molecule has 41 heavy (non-hydrogen) atoms. The molecule has 0 bridgehead atoms. The van der Waals surface area contributed by atoms with E-state index in [9.17, 15) is 24.3 Å². The van der Waals surface area contributed by atoms with E-state index >= 15 is 0 Å². The summed E-state index contributed by atoms with van der Waals surface area (Å²) in [6.45, 7) is 8.04. The number of aliphatic hydroxyl groups excluding tert-OH is 1. The molecule has 0 aliphatic rings. The first-order valence-electron chi connectivity index (χ1n) is 13.3. The first-order chi connectivity index (χ1) is 19.3. The molecule has 2 atom stereocenters. The fourth-order valence-corrected chi connectivity index (χ4v) is 4.41. The van der Waals surface area contributed by atoms with Gasteiger partial charge >= 0.3 is 6.09 Å². The smallest absolute Gasteiger partial charge is 0.408 e. The van der Waals surface area contributed by atoms with Gasteiger partial charge in [0.1, 0.15) is 17.7 Å². The topological polar surface area (TPSA) is 151 Å². The van der Waals surface area contributed by atoms with Gasteiger partial charge in [-0.15, -0.1) is 0 Å². The third kappa shape index (κ3) is 8.52. The molecule has 0 aliphatic heterocycles. The van der Waals surface area contributed by atoms with Gasteiger partial charge in [-0.05, 0) is 74.2 Å². The average molecular weight is 563 g/mol. The summed E-state index contributed by atoms with van der Waals surface area (Å²) in [7, 11) is 0. The van der Waals surface area contributed by atoms with Crippen LogP contribution in [-0.4, -0.2) is 58.6 Å². The molecule has 3 aromatic rings. The Morgan fingerprint density at radius 2 is 1.63 bits per heavy atom. The number of carbonyl (C=O) groups is 4. The van der Waals surface area contributed by atoms with Crippen molar-refractivity contribution in [3.8, 4) is 0 Å². The van der Waals surface area contributed by atoms with Crippen LogP contribution in [0, 0.1) is 13.8 Å². The fraction of sp³-hybridized carbons (Fsp3) is 0.355. The van der Waals surface area contributed by atoms with Gasteiger partial charge in [0.2, 0.25) is 11.8 Å². The molecule has 2 unspecified atom stereocenters. The van der Waals surface area contributed by atoms with E-state index in [0.29, 0.717) is 11.3 Å². The molecule has 0 radical (unpaired) electrons. The zero-order valence-electron chi connectivity index (χ0n) is 24.1. The lowest BCUT2D eigenvalue weighted by Gasteiger charge is -2.34. The highest BCUT2D eigenvalue weighted by Crippen LogP contribution is 2.27. The number of aryl methyl sites for hydroxylation is 2. The molecule has 10 heteroatoms. The summed E-state index contributed by atoms with van der Waals surface area (Å²) in [6, 6.07) is 15.9. The second-order valence-corrected chi connectivity index (χ2v) is 10.9. The van der Waals surface area contributed by atoms with E-state index in [1.54, 1.807) is 39.0 Å². The zero-order chi connectivity index (χ0) is 30.3. The van der Waals surface area contributed by atoms with Crippen molar-refractivity contribution in [2.75, 3.05) is 18.5 Å². The van der Waals surface area contributed by atoms with E-state index < -0.39 is 54.5 Å². The monoisotopic (exact) mass is 562 g/mol. The van der Waals surface area contributed by atoms with Gasteiger partial charge in [-0.1, -0.05) is 48.5 Å². The number of hydrogen-bond acceptors (Lipinski definition) is 6. The van der Waals surface area contributed by atoms with Gasteiger partial charge in [-0.2, -0.15) is 0 Å². The van der Waals surface area contributed by atoms with Crippen LogP contribution < -0.4 is 16.4 Å². The molecule has 10 nitrogen and oxygen atoms in total. The molecule has 5 N–H and O–H groups in total. The Hall–Kier alpha value is -4.44. The lowest BCUT2D eigenvalue weighted by molar-refractivity contribution is -0.142. The minimum Gasteiger partial charge on any atom is -0.444 e. The van der Waals surface area contributed by atoms with E-state index in [0.717, 1.165) is 26.8 Å². The van der Waals surface area contributed by atoms with Crippen LogP contribution in [0.5, 0.6) is 0 Å². The minimum absolute atomic E-state index is 0.257. The van der Waals surface area contributed by atoms with Gasteiger partial charge in [-0.25, -0.2) is 4.79 Å². The Bertz CT molecular complexity index is 1430. The van der Waals surface area contributed by atoms with Crippen molar-refractivity contribution >= 4 is 40.3 Å². The molecule has 0 fully saturated rings. The maximum absolute atomic E-state index is 13.9. The Labute approximate surface area is 239 Å². The van der Waals surface area contributed by atoms with E-state index in [1.807, 2.05) is 56.3 Å². The second-order valence-electron chi connectivity index (χ2n) is 10.9. The van der Waals surface area contributed by atoms with Crippen LogP contribution in [0.4, 0.5) is 10.5 Å². The third-order valence-electron chi connectivity index (χ3n) is 6.44. The summed E-state index contributed by atoms with van der Waals surface area (Å²) in [5.74, 6) is -2.16. The summed E-state index contributed by atoms with van der Waals surface area (Å²) in [5, 5.41) is 17.2. The van der Waals surface area contributed by atoms with Crippen molar-refractivity contribution in [3.63, 3.8) is 0 Å². The lowest BCUT2D eigenvalue weighted by atomic mass is 9.98. The molecule has 0 aliphatic carbocycles. The summed E-state index contributed by atoms with van der Waals surface area (Å²) in [4.78, 5) is 53.5. The Kier molecular flexibility index (Phi) is 10.1. The Balaban J connectivity index is 2.03. The molecule has 0 heterocycles. The van der Waals surface area contributed by atoms with E-state index in [-0.39, 0.29) is 6.54 Å². The zero-order valence-corrected chi connectivity index (χ0v) is 24.1. The molecule has 0 aromatic heterocycles. The first-order valence-corrected chi connectivity index (χ1v) is 13.3. The molecule has 0 spiro atoms. The summed E-state index contributed by atoms with van der Waals surface area (Å²) >= 11 is 0. The van der Waals surface area contributed by atoms with Gasteiger partial charge in [0, 0.05) is 12.2 Å². The fourth-order valence-electron chi connectivity index (χ4n) is 4.41.